The Hall–Kier alpha value is -0.340. The lowest BCUT2D eigenvalue weighted by molar-refractivity contribution is 0.221. The van der Waals surface area contributed by atoms with E-state index < -0.39 is 0 Å². The monoisotopic (exact) mass is 211 g/mol. The van der Waals surface area contributed by atoms with E-state index >= 15 is 0 Å². The second kappa shape index (κ2) is 7.89. The maximum absolute atomic E-state index is 5.57. The predicted molar refractivity (Wildman–Crippen MR) is 64.9 cm³/mol. The molecule has 0 amide bonds. The minimum absolute atomic E-state index is 0.792. The molecule has 0 aromatic rings. The van der Waals surface area contributed by atoms with E-state index in [1.165, 1.54) is 44.1 Å². The molecule has 2 N–H and O–H groups in total. The van der Waals surface area contributed by atoms with Gasteiger partial charge in [-0.25, -0.2) is 0 Å². The Morgan fingerprint density at radius 2 is 1.87 bits per heavy atom. The van der Waals surface area contributed by atoms with Crippen molar-refractivity contribution in [2.45, 2.75) is 51.4 Å². The van der Waals surface area contributed by atoms with Crippen molar-refractivity contribution in [1.29, 1.82) is 0 Å². The van der Waals surface area contributed by atoms with Gasteiger partial charge in [-0.15, -0.1) is 0 Å². The Balaban J connectivity index is 2.57. The van der Waals surface area contributed by atoms with E-state index in [-0.39, 0.29) is 0 Å². The number of hydrogen-bond acceptors (Lipinski definition) is 2. The highest BCUT2D eigenvalue weighted by molar-refractivity contribution is 5.15. The van der Waals surface area contributed by atoms with Crippen molar-refractivity contribution < 1.29 is 4.74 Å². The summed E-state index contributed by atoms with van der Waals surface area (Å²) in [6.45, 7) is 1.61. The summed E-state index contributed by atoms with van der Waals surface area (Å²) >= 11 is 0. The molecule has 2 heteroatoms. The molecule has 0 heterocycles. The van der Waals surface area contributed by atoms with Crippen LogP contribution in [0.4, 0.5) is 0 Å². The SMILES string of the molecule is COCC(CCCN)=C1CCCCCC1. The van der Waals surface area contributed by atoms with E-state index in [1.54, 1.807) is 12.7 Å². The maximum atomic E-state index is 5.57. The summed E-state index contributed by atoms with van der Waals surface area (Å²) < 4.78 is 5.30. The molecule has 0 spiro atoms. The molecule has 1 fully saturated rings. The molecule has 0 saturated heterocycles. The smallest absolute Gasteiger partial charge is 0.0675 e. The van der Waals surface area contributed by atoms with Crippen molar-refractivity contribution in [1.82, 2.24) is 0 Å². The third-order valence-electron chi connectivity index (χ3n) is 3.21. The molecule has 1 saturated carbocycles. The Labute approximate surface area is 93.9 Å². The summed E-state index contributed by atoms with van der Waals surface area (Å²) in [5, 5.41) is 0. The van der Waals surface area contributed by atoms with Crippen LogP contribution in [0.2, 0.25) is 0 Å². The first-order valence-electron chi connectivity index (χ1n) is 6.27. The van der Waals surface area contributed by atoms with Gasteiger partial charge in [0.2, 0.25) is 0 Å². The van der Waals surface area contributed by atoms with Crippen molar-refractivity contribution in [3.63, 3.8) is 0 Å². The molecule has 0 unspecified atom stereocenters. The predicted octanol–water partition coefficient (Wildman–Crippen LogP) is 3.02. The fourth-order valence-corrected chi connectivity index (χ4v) is 2.35. The van der Waals surface area contributed by atoms with E-state index in [1.807, 2.05) is 0 Å². The quantitative estimate of drug-likeness (QED) is 0.560. The summed E-state index contributed by atoms with van der Waals surface area (Å²) in [6.07, 6.45) is 10.4. The van der Waals surface area contributed by atoms with Crippen molar-refractivity contribution in [3.05, 3.63) is 11.1 Å². The summed E-state index contributed by atoms with van der Waals surface area (Å²) in [4.78, 5) is 0. The van der Waals surface area contributed by atoms with Gasteiger partial charge >= 0.3 is 0 Å². The van der Waals surface area contributed by atoms with E-state index in [0.29, 0.717) is 0 Å². The van der Waals surface area contributed by atoms with Gasteiger partial charge in [0.25, 0.3) is 0 Å². The van der Waals surface area contributed by atoms with Gasteiger partial charge < -0.3 is 10.5 Å². The highest BCUT2D eigenvalue weighted by Gasteiger charge is 2.09. The first kappa shape index (κ1) is 12.7. The van der Waals surface area contributed by atoms with Crippen LogP contribution in [0, 0.1) is 0 Å². The van der Waals surface area contributed by atoms with Crippen molar-refractivity contribution in [3.8, 4) is 0 Å². The van der Waals surface area contributed by atoms with Gasteiger partial charge in [-0.05, 0) is 50.6 Å². The molecule has 0 aromatic carbocycles. The fourth-order valence-electron chi connectivity index (χ4n) is 2.35. The number of methoxy groups -OCH3 is 1. The lowest BCUT2D eigenvalue weighted by Crippen LogP contribution is -2.04. The van der Waals surface area contributed by atoms with Crippen molar-refractivity contribution in [2.75, 3.05) is 20.3 Å². The van der Waals surface area contributed by atoms with Crippen LogP contribution in [0.15, 0.2) is 11.1 Å². The van der Waals surface area contributed by atoms with Crippen LogP contribution in [-0.2, 0) is 4.74 Å². The molecule has 2 nitrogen and oxygen atoms in total. The van der Waals surface area contributed by atoms with Gasteiger partial charge in [0.1, 0.15) is 0 Å². The molecule has 15 heavy (non-hydrogen) atoms. The minimum atomic E-state index is 0.792. The normalized spacial score (nSPS) is 17.6. The first-order valence-corrected chi connectivity index (χ1v) is 6.27. The fraction of sp³-hybridized carbons (Fsp3) is 0.846. The van der Waals surface area contributed by atoms with Gasteiger partial charge in [0.05, 0.1) is 6.61 Å². The van der Waals surface area contributed by atoms with Gasteiger partial charge in [-0.3, -0.25) is 0 Å². The van der Waals surface area contributed by atoms with Crippen LogP contribution in [0.3, 0.4) is 0 Å². The number of ether oxygens (including phenoxy) is 1. The largest absolute Gasteiger partial charge is 0.380 e. The van der Waals surface area contributed by atoms with Crippen molar-refractivity contribution >= 4 is 0 Å². The molecular formula is C13H25NO. The zero-order valence-electron chi connectivity index (χ0n) is 10.1. The average molecular weight is 211 g/mol. The number of hydrogen-bond donors (Lipinski definition) is 1. The molecule has 0 bridgehead atoms. The summed E-state index contributed by atoms with van der Waals surface area (Å²) in [5.41, 5.74) is 8.77. The van der Waals surface area contributed by atoms with Crippen LogP contribution in [-0.4, -0.2) is 20.3 Å². The van der Waals surface area contributed by atoms with Crippen LogP contribution < -0.4 is 5.73 Å². The molecule has 0 radical (unpaired) electrons. The Kier molecular flexibility index (Phi) is 6.69. The summed E-state index contributed by atoms with van der Waals surface area (Å²) in [5.74, 6) is 0. The van der Waals surface area contributed by atoms with E-state index in [0.717, 1.165) is 26.0 Å². The number of nitrogens with two attached hydrogens (primary N) is 1. The molecule has 0 atom stereocenters. The van der Waals surface area contributed by atoms with Gasteiger partial charge in [-0.1, -0.05) is 18.4 Å². The molecular weight excluding hydrogens is 186 g/mol. The summed E-state index contributed by atoms with van der Waals surface area (Å²) in [7, 11) is 1.79. The van der Waals surface area contributed by atoms with Crippen LogP contribution >= 0.6 is 0 Å². The minimum Gasteiger partial charge on any atom is -0.380 e. The summed E-state index contributed by atoms with van der Waals surface area (Å²) in [6, 6.07) is 0. The second-order valence-electron chi connectivity index (χ2n) is 4.45. The highest BCUT2D eigenvalue weighted by atomic mass is 16.5. The molecule has 0 aliphatic heterocycles. The van der Waals surface area contributed by atoms with Gasteiger partial charge in [0, 0.05) is 7.11 Å². The Morgan fingerprint density at radius 3 is 2.40 bits per heavy atom. The Bertz CT molecular complexity index is 189. The Morgan fingerprint density at radius 1 is 1.20 bits per heavy atom. The zero-order valence-corrected chi connectivity index (χ0v) is 10.1. The number of allylic oxidation sites excluding steroid dienone is 1. The number of rotatable bonds is 5. The molecule has 1 aliphatic carbocycles. The van der Waals surface area contributed by atoms with E-state index in [9.17, 15) is 0 Å². The molecule has 88 valence electrons. The highest BCUT2D eigenvalue weighted by Crippen LogP contribution is 2.26. The van der Waals surface area contributed by atoms with Gasteiger partial charge in [0.15, 0.2) is 0 Å². The molecule has 1 rings (SSSR count). The third kappa shape index (κ3) is 4.80. The topological polar surface area (TPSA) is 35.2 Å². The average Bonchev–Trinajstić information content (AvgIpc) is 2.52. The van der Waals surface area contributed by atoms with Crippen LogP contribution in [0.25, 0.3) is 0 Å². The standard InChI is InChI=1S/C13H25NO/c1-15-11-13(9-6-10-14)12-7-4-2-3-5-8-12/h2-11,14H2,1H3. The molecule has 0 aromatic heterocycles. The molecule has 1 aliphatic rings. The van der Waals surface area contributed by atoms with Crippen molar-refractivity contribution in [2.24, 2.45) is 5.73 Å². The van der Waals surface area contributed by atoms with E-state index in [2.05, 4.69) is 0 Å². The van der Waals surface area contributed by atoms with Crippen LogP contribution in [0.1, 0.15) is 51.4 Å². The van der Waals surface area contributed by atoms with E-state index in [4.69, 9.17) is 10.5 Å². The first-order chi connectivity index (χ1) is 7.38. The van der Waals surface area contributed by atoms with Crippen LogP contribution in [0.5, 0.6) is 0 Å². The maximum Gasteiger partial charge on any atom is 0.0675 e. The lowest BCUT2D eigenvalue weighted by Gasteiger charge is -2.13. The third-order valence-corrected chi connectivity index (χ3v) is 3.21. The lowest BCUT2D eigenvalue weighted by atomic mass is 9.98. The van der Waals surface area contributed by atoms with Gasteiger partial charge in [-0.2, -0.15) is 0 Å². The second-order valence-corrected chi connectivity index (χ2v) is 4.45. The zero-order chi connectivity index (χ0) is 10.9.